The van der Waals surface area contributed by atoms with Crippen molar-refractivity contribution in [3.05, 3.63) is 6.07 Å². The number of carboxylic acid groups (broad SMARTS) is 1. The molecular weight excluding hydrogens is 328 g/mol. The van der Waals surface area contributed by atoms with Gasteiger partial charge in [0.1, 0.15) is 5.38 Å². The van der Waals surface area contributed by atoms with Crippen LogP contribution in [0.1, 0.15) is 27.2 Å². The van der Waals surface area contributed by atoms with E-state index in [1.807, 2.05) is 20.8 Å². The summed E-state index contributed by atoms with van der Waals surface area (Å²) < 4.78 is 10.2. The third kappa shape index (κ3) is 5.53. The van der Waals surface area contributed by atoms with E-state index in [9.17, 15) is 4.79 Å². The first-order chi connectivity index (χ1) is 10.2. The van der Waals surface area contributed by atoms with Crippen LogP contribution < -0.4 is 9.47 Å². The van der Waals surface area contributed by atoms with Gasteiger partial charge in [-0.25, -0.2) is 0 Å². The second-order valence-electron chi connectivity index (χ2n) is 5.75. The molecule has 0 aliphatic rings. The lowest BCUT2D eigenvalue weighted by molar-refractivity contribution is -0.136. The summed E-state index contributed by atoms with van der Waals surface area (Å²) in [5.74, 6) is -0.244. The quantitative estimate of drug-likeness (QED) is 0.460. The molecule has 1 heterocycles. The van der Waals surface area contributed by atoms with E-state index in [0.717, 1.165) is 0 Å². The smallest absolute Gasteiger partial charge is 0.321 e. The Kier molecular flexibility index (Phi) is 6.74. The molecule has 22 heavy (non-hydrogen) atoms. The number of alkyl halides is 1. The van der Waals surface area contributed by atoms with Crippen LogP contribution in [0.3, 0.4) is 0 Å². The van der Waals surface area contributed by atoms with Crippen molar-refractivity contribution in [2.75, 3.05) is 14.2 Å². The van der Waals surface area contributed by atoms with E-state index >= 15 is 0 Å². The van der Waals surface area contributed by atoms with Gasteiger partial charge in [0, 0.05) is 5.25 Å². The highest BCUT2D eigenvalue weighted by Crippen LogP contribution is 2.38. The van der Waals surface area contributed by atoms with Crippen LogP contribution >= 0.6 is 23.4 Å². The van der Waals surface area contributed by atoms with Crippen LogP contribution in [0.25, 0.3) is 0 Å². The van der Waals surface area contributed by atoms with Crippen molar-refractivity contribution in [3.8, 4) is 11.8 Å². The molecule has 6 nitrogen and oxygen atoms in total. The highest BCUT2D eigenvalue weighted by Gasteiger charge is 2.31. The van der Waals surface area contributed by atoms with E-state index in [2.05, 4.69) is 9.97 Å². The molecule has 0 bridgehead atoms. The zero-order valence-electron chi connectivity index (χ0n) is 13.3. The first-order valence-electron chi connectivity index (χ1n) is 6.68. The molecule has 0 spiro atoms. The molecular formula is C14H21ClN2O4S. The number of carboxylic acids is 1. The van der Waals surface area contributed by atoms with Crippen molar-refractivity contribution >= 4 is 29.3 Å². The van der Waals surface area contributed by atoms with E-state index in [1.165, 1.54) is 26.0 Å². The SMILES string of the molecule is COc1cc(OC)nc(SC(CC(Cl)C(=O)O)C(C)(C)C)n1. The van der Waals surface area contributed by atoms with E-state index in [1.54, 1.807) is 6.07 Å². The largest absolute Gasteiger partial charge is 0.481 e. The van der Waals surface area contributed by atoms with Crippen molar-refractivity contribution in [1.29, 1.82) is 0 Å². The van der Waals surface area contributed by atoms with Crippen LogP contribution in [-0.4, -0.2) is 45.9 Å². The van der Waals surface area contributed by atoms with E-state index in [4.69, 9.17) is 26.2 Å². The zero-order valence-corrected chi connectivity index (χ0v) is 14.9. The van der Waals surface area contributed by atoms with Gasteiger partial charge in [0.05, 0.1) is 20.3 Å². The number of rotatable bonds is 7. The topological polar surface area (TPSA) is 81.5 Å². The number of carbonyl (C=O) groups is 1. The van der Waals surface area contributed by atoms with Crippen LogP contribution in [-0.2, 0) is 4.79 Å². The Morgan fingerprint density at radius 2 is 1.82 bits per heavy atom. The fourth-order valence-electron chi connectivity index (χ4n) is 1.64. The Bertz CT molecular complexity index is 500. The van der Waals surface area contributed by atoms with Crippen molar-refractivity contribution in [3.63, 3.8) is 0 Å². The monoisotopic (exact) mass is 348 g/mol. The van der Waals surface area contributed by atoms with Gasteiger partial charge in [0.15, 0.2) is 5.16 Å². The minimum Gasteiger partial charge on any atom is -0.481 e. The molecule has 1 N–H and O–H groups in total. The van der Waals surface area contributed by atoms with E-state index < -0.39 is 11.3 Å². The number of hydrogen-bond donors (Lipinski definition) is 1. The maximum Gasteiger partial charge on any atom is 0.321 e. The zero-order chi connectivity index (χ0) is 16.9. The summed E-state index contributed by atoms with van der Waals surface area (Å²) in [6, 6.07) is 1.58. The summed E-state index contributed by atoms with van der Waals surface area (Å²) in [5.41, 5.74) is -0.174. The summed E-state index contributed by atoms with van der Waals surface area (Å²) in [5, 5.41) is 8.44. The number of methoxy groups -OCH3 is 2. The van der Waals surface area contributed by atoms with Crippen LogP contribution in [0.15, 0.2) is 11.2 Å². The summed E-state index contributed by atoms with van der Waals surface area (Å²) in [4.78, 5) is 19.5. The van der Waals surface area contributed by atoms with Gasteiger partial charge in [-0.1, -0.05) is 32.5 Å². The van der Waals surface area contributed by atoms with E-state index in [0.29, 0.717) is 23.3 Å². The van der Waals surface area contributed by atoms with Crippen molar-refractivity contribution in [2.24, 2.45) is 5.41 Å². The number of thioether (sulfide) groups is 1. The predicted octanol–water partition coefficient (Wildman–Crippen LogP) is 3.08. The van der Waals surface area contributed by atoms with Gasteiger partial charge in [-0.05, 0) is 11.8 Å². The van der Waals surface area contributed by atoms with Gasteiger partial charge in [-0.3, -0.25) is 4.79 Å². The molecule has 0 fully saturated rings. The number of nitrogens with zero attached hydrogens (tertiary/aromatic N) is 2. The molecule has 2 unspecified atom stereocenters. The Morgan fingerprint density at radius 1 is 1.32 bits per heavy atom. The van der Waals surface area contributed by atoms with Gasteiger partial charge >= 0.3 is 5.97 Å². The van der Waals surface area contributed by atoms with Crippen LogP contribution in [0.4, 0.5) is 0 Å². The van der Waals surface area contributed by atoms with Gasteiger partial charge < -0.3 is 14.6 Å². The maximum atomic E-state index is 11.0. The summed E-state index contributed by atoms with van der Waals surface area (Å²) in [7, 11) is 3.02. The lowest BCUT2D eigenvalue weighted by Gasteiger charge is -2.30. The third-order valence-corrected chi connectivity index (χ3v) is 4.92. The molecule has 124 valence electrons. The number of halogens is 1. The number of ether oxygens (including phenoxy) is 2. The highest BCUT2D eigenvalue weighted by molar-refractivity contribution is 7.99. The third-order valence-electron chi connectivity index (χ3n) is 2.98. The molecule has 0 saturated heterocycles. The van der Waals surface area contributed by atoms with Crippen LogP contribution in [0.2, 0.25) is 0 Å². The van der Waals surface area contributed by atoms with Gasteiger partial charge in [0.25, 0.3) is 0 Å². The fraction of sp³-hybridized carbons (Fsp3) is 0.643. The molecule has 0 aliphatic heterocycles. The average molecular weight is 349 g/mol. The van der Waals surface area contributed by atoms with Crippen molar-refractivity contribution in [2.45, 2.75) is 43.0 Å². The first-order valence-corrected chi connectivity index (χ1v) is 7.99. The summed E-state index contributed by atoms with van der Waals surface area (Å²) in [6.45, 7) is 6.06. The fourth-order valence-corrected chi connectivity index (χ4v) is 3.11. The molecule has 1 rings (SSSR count). The molecule has 2 atom stereocenters. The molecule has 0 radical (unpaired) electrons. The van der Waals surface area contributed by atoms with Crippen LogP contribution in [0, 0.1) is 5.41 Å². The molecule has 0 saturated carbocycles. The lowest BCUT2D eigenvalue weighted by atomic mass is 9.89. The minimum absolute atomic E-state index is 0.0806. The maximum absolute atomic E-state index is 11.0. The molecule has 0 amide bonds. The number of aliphatic carboxylic acids is 1. The van der Waals surface area contributed by atoms with Gasteiger partial charge in [-0.2, -0.15) is 9.97 Å². The van der Waals surface area contributed by atoms with Gasteiger partial charge in [-0.15, -0.1) is 11.6 Å². The molecule has 1 aromatic rings. The standard InChI is InChI=1S/C14H21ClN2O4S/c1-14(2,3)9(6-8(15)12(18)19)22-13-16-10(20-4)7-11(17-13)21-5/h7-9H,6H2,1-5H3,(H,18,19). The number of hydrogen-bond acceptors (Lipinski definition) is 6. The summed E-state index contributed by atoms with van der Waals surface area (Å²) in [6.07, 6.45) is 0.300. The molecule has 0 aromatic carbocycles. The van der Waals surface area contributed by atoms with E-state index in [-0.39, 0.29) is 10.7 Å². The van der Waals surface area contributed by atoms with Crippen molar-refractivity contribution < 1.29 is 19.4 Å². The minimum atomic E-state index is -1.03. The Hall–Kier alpha value is -1.21. The second-order valence-corrected chi connectivity index (χ2v) is 7.45. The second kappa shape index (κ2) is 7.87. The normalized spacial score (nSPS) is 14.3. The summed E-state index contributed by atoms with van der Waals surface area (Å²) >= 11 is 7.27. The number of aromatic nitrogens is 2. The predicted molar refractivity (Wildman–Crippen MR) is 86.1 cm³/mol. The average Bonchev–Trinajstić information content (AvgIpc) is 2.44. The Balaban J connectivity index is 3.01. The van der Waals surface area contributed by atoms with Crippen LogP contribution in [0.5, 0.6) is 11.8 Å². The molecule has 0 aliphatic carbocycles. The highest BCUT2D eigenvalue weighted by atomic mass is 35.5. The molecule has 1 aromatic heterocycles. The van der Waals surface area contributed by atoms with Crippen molar-refractivity contribution in [1.82, 2.24) is 9.97 Å². The Morgan fingerprint density at radius 3 is 2.18 bits per heavy atom. The Labute approximate surface area is 139 Å². The van der Waals surface area contributed by atoms with Gasteiger partial charge in [0.2, 0.25) is 11.8 Å². The molecule has 8 heteroatoms. The lowest BCUT2D eigenvalue weighted by Crippen LogP contribution is -2.29. The first kappa shape index (κ1) is 18.8.